The SMILES string of the molecule is CCCOc1cccc([C@@H]2C(=C(O)c3ccccc3)C(=O)C(=O)N2c2cc(C)on2)c1. The lowest BCUT2D eigenvalue weighted by Gasteiger charge is -2.23. The molecule has 158 valence electrons. The zero-order valence-corrected chi connectivity index (χ0v) is 17.2. The fraction of sp³-hybridized carbons (Fsp3) is 0.208. The Hall–Kier alpha value is -3.87. The minimum absolute atomic E-state index is 0.00973. The van der Waals surface area contributed by atoms with Crippen LogP contribution in [0.2, 0.25) is 0 Å². The summed E-state index contributed by atoms with van der Waals surface area (Å²) in [5.74, 6) is -0.495. The van der Waals surface area contributed by atoms with E-state index in [4.69, 9.17) is 9.26 Å². The molecule has 0 radical (unpaired) electrons. The second kappa shape index (κ2) is 8.47. The van der Waals surface area contributed by atoms with Crippen LogP contribution in [0.15, 0.2) is 70.8 Å². The lowest BCUT2D eigenvalue weighted by Crippen LogP contribution is -2.29. The van der Waals surface area contributed by atoms with Gasteiger partial charge in [-0.15, -0.1) is 0 Å². The predicted octanol–water partition coefficient (Wildman–Crippen LogP) is 4.40. The largest absolute Gasteiger partial charge is 0.507 e. The molecule has 7 nitrogen and oxygen atoms in total. The number of hydrogen-bond donors (Lipinski definition) is 1. The molecule has 1 aromatic heterocycles. The molecule has 31 heavy (non-hydrogen) atoms. The number of Topliss-reactive ketones (excluding diaryl/α,β-unsaturated/α-hetero) is 1. The van der Waals surface area contributed by atoms with Crippen LogP contribution in [0.5, 0.6) is 5.75 Å². The third-order valence-corrected chi connectivity index (χ3v) is 5.00. The predicted molar refractivity (Wildman–Crippen MR) is 115 cm³/mol. The fourth-order valence-corrected chi connectivity index (χ4v) is 3.60. The van der Waals surface area contributed by atoms with Gasteiger partial charge in [-0.3, -0.25) is 14.5 Å². The van der Waals surface area contributed by atoms with E-state index in [1.54, 1.807) is 61.5 Å². The number of anilines is 1. The molecule has 1 aliphatic heterocycles. The summed E-state index contributed by atoms with van der Waals surface area (Å²) in [5, 5.41) is 15.0. The second-order valence-electron chi connectivity index (χ2n) is 7.25. The molecular formula is C24H22N2O5. The Labute approximate surface area is 179 Å². The fourth-order valence-electron chi connectivity index (χ4n) is 3.60. The van der Waals surface area contributed by atoms with Crippen molar-refractivity contribution >= 4 is 23.3 Å². The number of ketones is 1. The Morgan fingerprint density at radius 1 is 1.13 bits per heavy atom. The van der Waals surface area contributed by atoms with Crippen LogP contribution < -0.4 is 9.64 Å². The van der Waals surface area contributed by atoms with Gasteiger partial charge in [0.15, 0.2) is 5.82 Å². The quantitative estimate of drug-likeness (QED) is 0.362. The normalized spacial score (nSPS) is 17.9. The van der Waals surface area contributed by atoms with E-state index in [2.05, 4.69) is 5.16 Å². The summed E-state index contributed by atoms with van der Waals surface area (Å²) in [7, 11) is 0. The number of aliphatic hydroxyl groups excluding tert-OH is 1. The van der Waals surface area contributed by atoms with Gasteiger partial charge in [0.1, 0.15) is 17.3 Å². The summed E-state index contributed by atoms with van der Waals surface area (Å²) in [4.78, 5) is 27.3. The molecule has 0 unspecified atom stereocenters. The summed E-state index contributed by atoms with van der Waals surface area (Å²) < 4.78 is 10.9. The van der Waals surface area contributed by atoms with Gasteiger partial charge in [0, 0.05) is 11.6 Å². The molecule has 2 aromatic carbocycles. The number of carbonyl (C=O) groups is 2. The molecule has 1 aliphatic rings. The summed E-state index contributed by atoms with van der Waals surface area (Å²) >= 11 is 0. The van der Waals surface area contributed by atoms with Crippen LogP contribution in [0.1, 0.15) is 36.3 Å². The van der Waals surface area contributed by atoms with E-state index in [0.29, 0.717) is 29.2 Å². The summed E-state index contributed by atoms with van der Waals surface area (Å²) in [6, 6.07) is 16.5. The Morgan fingerprint density at radius 2 is 1.90 bits per heavy atom. The van der Waals surface area contributed by atoms with Gasteiger partial charge >= 0.3 is 5.91 Å². The Balaban J connectivity index is 1.90. The first kappa shape index (κ1) is 20.4. The van der Waals surface area contributed by atoms with Gasteiger partial charge in [-0.2, -0.15) is 0 Å². The standard InChI is InChI=1S/C24H22N2O5/c1-3-12-30-18-11-7-10-17(14-18)21-20(22(27)16-8-5-4-6-9-16)23(28)24(29)26(21)19-13-15(2)31-25-19/h4-11,13-14,21,27H,3,12H2,1-2H3/t21-/m1/s1. The minimum Gasteiger partial charge on any atom is -0.507 e. The maximum atomic E-state index is 13.1. The molecular weight excluding hydrogens is 396 g/mol. The van der Waals surface area contributed by atoms with Crippen LogP contribution in [-0.2, 0) is 9.59 Å². The second-order valence-corrected chi connectivity index (χ2v) is 7.25. The summed E-state index contributed by atoms with van der Waals surface area (Å²) in [6.07, 6.45) is 0.842. The number of amides is 1. The van der Waals surface area contributed by atoms with Crippen molar-refractivity contribution in [2.45, 2.75) is 26.3 Å². The van der Waals surface area contributed by atoms with Crippen molar-refractivity contribution in [1.82, 2.24) is 5.16 Å². The highest BCUT2D eigenvalue weighted by Gasteiger charge is 2.48. The van der Waals surface area contributed by atoms with E-state index in [1.165, 1.54) is 4.90 Å². The van der Waals surface area contributed by atoms with Gasteiger partial charge in [-0.25, -0.2) is 0 Å². The van der Waals surface area contributed by atoms with Gasteiger partial charge in [-0.05, 0) is 31.0 Å². The minimum atomic E-state index is -0.880. The van der Waals surface area contributed by atoms with Crippen molar-refractivity contribution in [2.75, 3.05) is 11.5 Å². The van der Waals surface area contributed by atoms with Crippen molar-refractivity contribution in [3.05, 3.63) is 83.1 Å². The highest BCUT2D eigenvalue weighted by Crippen LogP contribution is 2.42. The topological polar surface area (TPSA) is 92.9 Å². The zero-order valence-electron chi connectivity index (χ0n) is 17.2. The number of aryl methyl sites for hydroxylation is 1. The van der Waals surface area contributed by atoms with Crippen molar-refractivity contribution in [1.29, 1.82) is 0 Å². The van der Waals surface area contributed by atoms with Crippen LogP contribution in [0.25, 0.3) is 5.76 Å². The third-order valence-electron chi connectivity index (χ3n) is 5.00. The molecule has 0 bridgehead atoms. The van der Waals surface area contributed by atoms with E-state index in [0.717, 1.165) is 6.42 Å². The summed E-state index contributed by atoms with van der Waals surface area (Å²) in [5.41, 5.74) is 1.05. The van der Waals surface area contributed by atoms with Crippen LogP contribution in [0, 0.1) is 6.92 Å². The van der Waals surface area contributed by atoms with Crippen LogP contribution >= 0.6 is 0 Å². The van der Waals surface area contributed by atoms with E-state index >= 15 is 0 Å². The van der Waals surface area contributed by atoms with Gasteiger partial charge in [0.05, 0.1) is 18.2 Å². The molecule has 4 rings (SSSR count). The number of carbonyl (C=O) groups excluding carboxylic acids is 2. The van der Waals surface area contributed by atoms with Gasteiger partial charge in [-0.1, -0.05) is 54.5 Å². The molecule has 1 atom stereocenters. The first-order valence-corrected chi connectivity index (χ1v) is 10.0. The number of ether oxygens (including phenoxy) is 1. The molecule has 0 saturated carbocycles. The Morgan fingerprint density at radius 3 is 2.58 bits per heavy atom. The maximum absolute atomic E-state index is 13.1. The molecule has 1 fully saturated rings. The lowest BCUT2D eigenvalue weighted by atomic mass is 9.95. The molecule has 2 heterocycles. The zero-order chi connectivity index (χ0) is 22.0. The van der Waals surface area contributed by atoms with Gasteiger partial charge in [0.2, 0.25) is 0 Å². The van der Waals surface area contributed by atoms with Gasteiger partial charge < -0.3 is 14.4 Å². The van der Waals surface area contributed by atoms with Crippen LogP contribution in [0.3, 0.4) is 0 Å². The van der Waals surface area contributed by atoms with E-state index in [1.807, 2.05) is 13.0 Å². The average Bonchev–Trinajstić information content (AvgIpc) is 3.33. The Kier molecular flexibility index (Phi) is 5.58. The highest BCUT2D eigenvalue weighted by molar-refractivity contribution is 6.51. The number of benzene rings is 2. The van der Waals surface area contributed by atoms with Crippen molar-refractivity contribution < 1.29 is 24.0 Å². The van der Waals surface area contributed by atoms with E-state index < -0.39 is 17.7 Å². The van der Waals surface area contributed by atoms with Gasteiger partial charge in [0.25, 0.3) is 5.78 Å². The Bertz CT molecular complexity index is 1150. The van der Waals surface area contributed by atoms with Crippen molar-refractivity contribution in [2.24, 2.45) is 0 Å². The van der Waals surface area contributed by atoms with Crippen molar-refractivity contribution in [3.63, 3.8) is 0 Å². The number of aliphatic hydroxyl groups is 1. The number of rotatable bonds is 6. The number of aromatic nitrogens is 1. The molecule has 0 spiro atoms. The number of nitrogens with zero attached hydrogens (tertiary/aromatic N) is 2. The highest BCUT2D eigenvalue weighted by atomic mass is 16.5. The van der Waals surface area contributed by atoms with E-state index in [9.17, 15) is 14.7 Å². The first-order valence-electron chi connectivity index (χ1n) is 10.0. The average molecular weight is 418 g/mol. The molecule has 7 heteroatoms. The monoisotopic (exact) mass is 418 g/mol. The smallest absolute Gasteiger partial charge is 0.301 e. The summed E-state index contributed by atoms with van der Waals surface area (Å²) in [6.45, 7) is 4.24. The molecule has 3 aromatic rings. The third kappa shape index (κ3) is 3.82. The van der Waals surface area contributed by atoms with Crippen LogP contribution in [0.4, 0.5) is 5.82 Å². The van der Waals surface area contributed by atoms with Crippen LogP contribution in [-0.4, -0.2) is 28.6 Å². The van der Waals surface area contributed by atoms with Crippen molar-refractivity contribution in [3.8, 4) is 5.75 Å². The molecule has 1 amide bonds. The van der Waals surface area contributed by atoms with E-state index in [-0.39, 0.29) is 17.2 Å². The molecule has 0 aliphatic carbocycles. The maximum Gasteiger partial charge on any atom is 0.301 e. The lowest BCUT2D eigenvalue weighted by molar-refractivity contribution is -0.132. The molecule has 1 saturated heterocycles. The first-order chi connectivity index (χ1) is 15.0. The molecule has 1 N–H and O–H groups in total. The number of hydrogen-bond acceptors (Lipinski definition) is 6.